The summed E-state index contributed by atoms with van der Waals surface area (Å²) in [5.74, 6) is 0.00532. The molecule has 0 aromatic heterocycles. The second-order valence-electron chi connectivity index (χ2n) is 5.07. The molecule has 0 fully saturated rings. The highest BCUT2D eigenvalue weighted by atomic mass is 35.5. The minimum atomic E-state index is -0.382. The van der Waals surface area contributed by atoms with Crippen LogP contribution in [0.25, 0.3) is 11.1 Å². The highest BCUT2D eigenvalue weighted by Crippen LogP contribution is 2.32. The Morgan fingerprint density at radius 3 is 2.74 bits per heavy atom. The molecular formula is C17H18ClN3O2. The van der Waals surface area contributed by atoms with Crippen LogP contribution in [-0.4, -0.2) is 19.0 Å². The van der Waals surface area contributed by atoms with Crippen LogP contribution in [0.5, 0.6) is 5.75 Å². The van der Waals surface area contributed by atoms with Crippen molar-refractivity contribution in [2.45, 2.75) is 13.3 Å². The van der Waals surface area contributed by atoms with Crippen LogP contribution >= 0.6 is 11.6 Å². The van der Waals surface area contributed by atoms with E-state index in [0.717, 1.165) is 22.4 Å². The van der Waals surface area contributed by atoms with E-state index in [2.05, 4.69) is 5.32 Å². The molecule has 0 spiro atoms. The van der Waals surface area contributed by atoms with Crippen molar-refractivity contribution in [1.82, 2.24) is 5.32 Å². The number of carbonyl (C=O) groups excluding carboxylic acids is 1. The molecule has 120 valence electrons. The maximum atomic E-state index is 11.9. The zero-order valence-electron chi connectivity index (χ0n) is 12.9. The summed E-state index contributed by atoms with van der Waals surface area (Å²) in [4.78, 5) is 11.9. The number of guanidine groups is 1. The van der Waals surface area contributed by atoms with Gasteiger partial charge in [0.15, 0.2) is 5.96 Å². The van der Waals surface area contributed by atoms with Gasteiger partial charge in [-0.2, -0.15) is 0 Å². The summed E-state index contributed by atoms with van der Waals surface area (Å²) in [7, 11) is 1.62. The van der Waals surface area contributed by atoms with Gasteiger partial charge in [0.05, 0.1) is 13.5 Å². The number of carbonyl (C=O) groups is 1. The smallest absolute Gasteiger partial charge is 0.231 e. The van der Waals surface area contributed by atoms with E-state index in [1.165, 1.54) is 0 Å². The molecule has 0 saturated heterocycles. The van der Waals surface area contributed by atoms with E-state index >= 15 is 0 Å². The molecule has 2 aromatic carbocycles. The Balaban J connectivity index is 2.41. The largest absolute Gasteiger partial charge is 0.497 e. The number of hydrogen-bond donors (Lipinski definition) is 3. The van der Waals surface area contributed by atoms with Gasteiger partial charge < -0.3 is 10.5 Å². The molecule has 0 aliphatic heterocycles. The Bertz CT molecular complexity index is 759. The molecule has 0 atom stereocenters. The minimum absolute atomic E-state index is 0.0576. The maximum absolute atomic E-state index is 11.9. The number of rotatable bonds is 4. The fourth-order valence-corrected chi connectivity index (χ4v) is 2.67. The van der Waals surface area contributed by atoms with Gasteiger partial charge in [-0.1, -0.05) is 29.8 Å². The van der Waals surface area contributed by atoms with E-state index in [1.54, 1.807) is 13.2 Å². The molecule has 2 aromatic rings. The van der Waals surface area contributed by atoms with Crippen molar-refractivity contribution in [1.29, 1.82) is 5.41 Å². The molecule has 0 aliphatic carbocycles. The Kier molecular flexibility index (Phi) is 5.24. The number of ether oxygens (including phenoxy) is 1. The number of methoxy groups -OCH3 is 1. The molecule has 0 bridgehead atoms. The van der Waals surface area contributed by atoms with Gasteiger partial charge in [-0.15, -0.1) is 0 Å². The van der Waals surface area contributed by atoms with Gasteiger partial charge in [-0.25, -0.2) is 0 Å². The van der Waals surface area contributed by atoms with Crippen LogP contribution in [0.2, 0.25) is 5.02 Å². The van der Waals surface area contributed by atoms with Crippen LogP contribution in [0, 0.1) is 12.3 Å². The second-order valence-corrected chi connectivity index (χ2v) is 5.48. The predicted octanol–water partition coefficient (Wildman–Crippen LogP) is 2.88. The Morgan fingerprint density at radius 1 is 1.35 bits per heavy atom. The first-order chi connectivity index (χ1) is 10.9. The fourth-order valence-electron chi connectivity index (χ4n) is 2.40. The molecule has 6 heteroatoms. The first-order valence-electron chi connectivity index (χ1n) is 6.98. The Morgan fingerprint density at radius 2 is 2.09 bits per heavy atom. The van der Waals surface area contributed by atoms with Crippen LogP contribution < -0.4 is 15.8 Å². The summed E-state index contributed by atoms with van der Waals surface area (Å²) in [6.07, 6.45) is 0.0576. The van der Waals surface area contributed by atoms with E-state index in [9.17, 15) is 4.79 Å². The molecule has 0 aliphatic rings. The standard InChI is InChI=1S/C17H18ClN3O2/c1-10-13(11-4-3-5-12(8-11)23-2)6-7-15(18)14(10)9-16(22)21-17(19)20/h3-8H,9H2,1-2H3,(H4,19,20,21,22). The maximum Gasteiger partial charge on any atom is 0.231 e. The van der Waals surface area contributed by atoms with E-state index in [4.69, 9.17) is 27.5 Å². The lowest BCUT2D eigenvalue weighted by atomic mass is 9.94. The Labute approximate surface area is 139 Å². The number of nitrogens with one attached hydrogen (secondary N) is 2. The fraction of sp³-hybridized carbons (Fsp3) is 0.176. The van der Waals surface area contributed by atoms with Crippen molar-refractivity contribution in [2.75, 3.05) is 7.11 Å². The van der Waals surface area contributed by atoms with Crippen LogP contribution in [0.3, 0.4) is 0 Å². The average Bonchev–Trinajstić information content (AvgIpc) is 2.51. The van der Waals surface area contributed by atoms with Crippen molar-refractivity contribution >= 4 is 23.5 Å². The van der Waals surface area contributed by atoms with E-state index < -0.39 is 0 Å². The lowest BCUT2D eigenvalue weighted by molar-refractivity contribution is -0.119. The summed E-state index contributed by atoms with van der Waals surface area (Å²) < 4.78 is 5.25. The Hall–Kier alpha value is -2.53. The molecule has 0 radical (unpaired) electrons. The van der Waals surface area contributed by atoms with Crippen molar-refractivity contribution < 1.29 is 9.53 Å². The van der Waals surface area contributed by atoms with Gasteiger partial charge in [0.25, 0.3) is 0 Å². The summed E-state index contributed by atoms with van der Waals surface area (Å²) in [6.45, 7) is 1.91. The summed E-state index contributed by atoms with van der Waals surface area (Å²) in [5.41, 5.74) is 8.75. The van der Waals surface area contributed by atoms with Crippen molar-refractivity contribution in [3.63, 3.8) is 0 Å². The first-order valence-corrected chi connectivity index (χ1v) is 7.36. The van der Waals surface area contributed by atoms with Gasteiger partial charge in [0.2, 0.25) is 5.91 Å². The molecule has 23 heavy (non-hydrogen) atoms. The monoisotopic (exact) mass is 331 g/mol. The van der Waals surface area contributed by atoms with Crippen LogP contribution in [0.15, 0.2) is 36.4 Å². The van der Waals surface area contributed by atoms with E-state index in [-0.39, 0.29) is 18.3 Å². The summed E-state index contributed by atoms with van der Waals surface area (Å²) in [6, 6.07) is 11.4. The molecule has 1 amide bonds. The lowest BCUT2D eigenvalue weighted by Gasteiger charge is -2.14. The number of hydrogen-bond acceptors (Lipinski definition) is 3. The normalized spacial score (nSPS) is 10.2. The molecule has 0 saturated carbocycles. The zero-order chi connectivity index (χ0) is 17.0. The topological polar surface area (TPSA) is 88.2 Å². The molecule has 5 nitrogen and oxygen atoms in total. The van der Waals surface area contributed by atoms with Gasteiger partial charge in [-0.05, 0) is 47.4 Å². The number of nitrogens with two attached hydrogens (primary N) is 1. The van der Waals surface area contributed by atoms with Crippen molar-refractivity contribution in [3.05, 3.63) is 52.5 Å². The highest BCUT2D eigenvalue weighted by molar-refractivity contribution is 6.31. The highest BCUT2D eigenvalue weighted by Gasteiger charge is 2.14. The molecule has 0 heterocycles. The number of halogens is 1. The zero-order valence-corrected chi connectivity index (χ0v) is 13.7. The van der Waals surface area contributed by atoms with Crippen molar-refractivity contribution in [2.24, 2.45) is 5.73 Å². The van der Waals surface area contributed by atoms with Gasteiger partial charge in [0, 0.05) is 5.02 Å². The molecule has 0 unspecified atom stereocenters. The van der Waals surface area contributed by atoms with Crippen LogP contribution in [0.4, 0.5) is 0 Å². The average molecular weight is 332 g/mol. The summed E-state index contributed by atoms with van der Waals surface area (Å²) >= 11 is 6.24. The third-order valence-corrected chi connectivity index (χ3v) is 3.89. The molecule has 2 rings (SSSR count). The van der Waals surface area contributed by atoms with Gasteiger partial charge in [0.1, 0.15) is 5.75 Å². The van der Waals surface area contributed by atoms with Gasteiger partial charge in [-0.3, -0.25) is 15.5 Å². The summed E-state index contributed by atoms with van der Waals surface area (Å²) in [5, 5.41) is 9.89. The SMILES string of the molecule is COc1cccc(-c2ccc(Cl)c(CC(=O)NC(=N)N)c2C)c1. The minimum Gasteiger partial charge on any atom is -0.497 e. The second kappa shape index (κ2) is 7.15. The number of benzene rings is 2. The van der Waals surface area contributed by atoms with E-state index in [1.807, 2.05) is 37.3 Å². The van der Waals surface area contributed by atoms with Crippen LogP contribution in [0.1, 0.15) is 11.1 Å². The predicted molar refractivity (Wildman–Crippen MR) is 91.9 cm³/mol. The third kappa shape index (κ3) is 4.02. The molecular weight excluding hydrogens is 314 g/mol. The quantitative estimate of drug-likeness (QED) is 0.594. The van der Waals surface area contributed by atoms with Gasteiger partial charge >= 0.3 is 0 Å². The third-order valence-electron chi connectivity index (χ3n) is 3.53. The first kappa shape index (κ1) is 16.8. The lowest BCUT2D eigenvalue weighted by Crippen LogP contribution is -2.36. The van der Waals surface area contributed by atoms with Crippen LogP contribution in [-0.2, 0) is 11.2 Å². The number of amides is 1. The van der Waals surface area contributed by atoms with Crippen molar-refractivity contribution in [3.8, 4) is 16.9 Å². The molecule has 4 N–H and O–H groups in total. The van der Waals surface area contributed by atoms with E-state index in [0.29, 0.717) is 10.6 Å².